The zero-order valence-electron chi connectivity index (χ0n) is 16.2. The van der Waals surface area contributed by atoms with Gasteiger partial charge in [-0.1, -0.05) is 18.2 Å². The SMILES string of the molecule is COc1ccc2c(c1)cc(C(=O)c1ccncc1C(=O)O)n2S(=O)(=O)c1ccccc1. The van der Waals surface area contributed by atoms with Crippen LogP contribution < -0.4 is 4.74 Å². The van der Waals surface area contributed by atoms with Crippen molar-refractivity contribution >= 4 is 32.7 Å². The maximum absolute atomic E-state index is 13.5. The van der Waals surface area contributed by atoms with Crippen molar-refractivity contribution < 1.29 is 27.9 Å². The molecule has 0 bridgehead atoms. The van der Waals surface area contributed by atoms with Crippen molar-refractivity contribution in [1.29, 1.82) is 0 Å². The van der Waals surface area contributed by atoms with Crippen molar-refractivity contribution in [3.63, 3.8) is 0 Å². The number of carbonyl (C=O) groups excluding carboxylic acids is 1. The first kappa shape index (κ1) is 20.3. The lowest BCUT2D eigenvalue weighted by Gasteiger charge is -2.12. The number of pyridine rings is 1. The number of aromatic carboxylic acids is 1. The molecule has 0 spiro atoms. The highest BCUT2D eigenvalue weighted by molar-refractivity contribution is 7.90. The van der Waals surface area contributed by atoms with Crippen LogP contribution >= 0.6 is 0 Å². The van der Waals surface area contributed by atoms with E-state index in [2.05, 4.69) is 4.98 Å². The van der Waals surface area contributed by atoms with E-state index >= 15 is 0 Å². The molecule has 8 nitrogen and oxygen atoms in total. The van der Waals surface area contributed by atoms with Crippen molar-refractivity contribution in [2.45, 2.75) is 4.90 Å². The van der Waals surface area contributed by atoms with Crippen LogP contribution in [0, 0.1) is 0 Å². The predicted octanol–water partition coefficient (Wildman–Crippen LogP) is 3.21. The molecule has 0 saturated carbocycles. The quantitative estimate of drug-likeness (QED) is 0.462. The van der Waals surface area contributed by atoms with Crippen molar-refractivity contribution in [3.05, 3.63) is 89.9 Å². The third-order valence-corrected chi connectivity index (χ3v) is 6.52. The number of rotatable bonds is 6. The average molecular weight is 436 g/mol. The fraction of sp³-hybridized carbons (Fsp3) is 0.0455. The standard InChI is InChI=1S/C22H16N2O6S/c1-30-15-7-8-19-14(11-15)12-20(21(25)17-9-10-23-13-18(17)22(26)27)24(19)31(28,29)16-5-3-2-4-6-16/h2-13H,1H3,(H,26,27). The second-order valence-electron chi connectivity index (χ2n) is 6.59. The van der Waals surface area contributed by atoms with Crippen LogP contribution in [0.2, 0.25) is 0 Å². The molecule has 0 amide bonds. The minimum atomic E-state index is -4.17. The summed E-state index contributed by atoms with van der Waals surface area (Å²) in [4.78, 5) is 28.7. The molecule has 4 aromatic rings. The van der Waals surface area contributed by atoms with Crippen LogP contribution in [0.1, 0.15) is 26.4 Å². The van der Waals surface area contributed by atoms with E-state index in [9.17, 15) is 23.1 Å². The maximum atomic E-state index is 13.5. The Labute approximate surface area is 177 Å². The molecule has 156 valence electrons. The number of carboxylic acids is 1. The summed E-state index contributed by atoms with van der Waals surface area (Å²) < 4.78 is 33.1. The number of ether oxygens (including phenoxy) is 1. The van der Waals surface area contributed by atoms with Crippen LogP contribution in [-0.2, 0) is 10.0 Å². The van der Waals surface area contributed by atoms with E-state index in [-0.39, 0.29) is 27.2 Å². The van der Waals surface area contributed by atoms with Gasteiger partial charge in [0.2, 0.25) is 5.78 Å². The number of methoxy groups -OCH3 is 1. The highest BCUT2D eigenvalue weighted by Crippen LogP contribution is 2.30. The summed E-state index contributed by atoms with van der Waals surface area (Å²) in [5.41, 5.74) is -0.416. The minimum absolute atomic E-state index is 0.00875. The number of carboxylic acid groups (broad SMARTS) is 1. The number of benzene rings is 2. The number of aromatic nitrogens is 2. The lowest BCUT2D eigenvalue weighted by Crippen LogP contribution is -2.20. The lowest BCUT2D eigenvalue weighted by atomic mass is 10.0. The second kappa shape index (κ2) is 7.69. The molecule has 9 heteroatoms. The Morgan fingerprint density at radius 2 is 1.74 bits per heavy atom. The molecule has 0 atom stereocenters. The summed E-state index contributed by atoms with van der Waals surface area (Å²) in [6.45, 7) is 0. The van der Waals surface area contributed by atoms with Crippen LogP contribution in [0.3, 0.4) is 0 Å². The predicted molar refractivity (Wildman–Crippen MR) is 112 cm³/mol. The van der Waals surface area contributed by atoms with Gasteiger partial charge in [-0.25, -0.2) is 17.2 Å². The molecule has 2 aromatic heterocycles. The molecule has 1 N–H and O–H groups in total. The molecule has 0 aliphatic heterocycles. The Balaban J connectivity index is 2.03. The van der Waals surface area contributed by atoms with E-state index in [1.54, 1.807) is 30.3 Å². The molecule has 0 aliphatic rings. The van der Waals surface area contributed by atoms with E-state index in [1.807, 2.05) is 0 Å². The zero-order chi connectivity index (χ0) is 22.2. The fourth-order valence-electron chi connectivity index (χ4n) is 3.31. The van der Waals surface area contributed by atoms with Gasteiger partial charge in [-0.3, -0.25) is 9.78 Å². The van der Waals surface area contributed by atoms with Crippen LogP contribution in [0.4, 0.5) is 0 Å². The number of carbonyl (C=O) groups is 2. The third-order valence-electron chi connectivity index (χ3n) is 4.77. The van der Waals surface area contributed by atoms with Gasteiger partial charge >= 0.3 is 5.97 Å². The van der Waals surface area contributed by atoms with Crippen molar-refractivity contribution in [2.75, 3.05) is 7.11 Å². The summed E-state index contributed by atoms with van der Waals surface area (Å²) in [7, 11) is -2.69. The van der Waals surface area contributed by atoms with Gasteiger partial charge in [-0.15, -0.1) is 0 Å². The van der Waals surface area contributed by atoms with Gasteiger partial charge in [0, 0.05) is 23.3 Å². The number of fused-ring (bicyclic) bond motifs is 1. The third kappa shape index (κ3) is 3.44. The van der Waals surface area contributed by atoms with Crippen LogP contribution in [0.25, 0.3) is 10.9 Å². The summed E-state index contributed by atoms with van der Waals surface area (Å²) in [5.74, 6) is -1.61. The Morgan fingerprint density at radius 3 is 2.42 bits per heavy atom. The van der Waals surface area contributed by atoms with Crippen LogP contribution in [0.15, 0.2) is 78.0 Å². The first-order valence-electron chi connectivity index (χ1n) is 9.06. The number of hydrogen-bond acceptors (Lipinski definition) is 6. The topological polar surface area (TPSA) is 116 Å². The smallest absolute Gasteiger partial charge is 0.338 e. The van der Waals surface area contributed by atoms with E-state index in [0.717, 1.165) is 10.2 Å². The molecule has 2 aromatic carbocycles. The zero-order valence-corrected chi connectivity index (χ0v) is 17.0. The Bertz CT molecular complexity index is 1430. The Kier molecular flexibility index (Phi) is 5.04. The average Bonchev–Trinajstić information content (AvgIpc) is 3.18. The number of ketones is 1. The molecule has 0 aliphatic carbocycles. The maximum Gasteiger partial charge on any atom is 0.338 e. The summed E-state index contributed by atoms with van der Waals surface area (Å²) in [5, 5.41) is 9.89. The second-order valence-corrected chi connectivity index (χ2v) is 8.38. The first-order valence-corrected chi connectivity index (χ1v) is 10.5. The van der Waals surface area contributed by atoms with Crippen LogP contribution in [0.5, 0.6) is 5.75 Å². The van der Waals surface area contributed by atoms with Gasteiger partial charge in [-0.2, -0.15) is 0 Å². The fourth-order valence-corrected chi connectivity index (χ4v) is 4.84. The number of nitrogens with zero attached hydrogens (tertiary/aromatic N) is 2. The number of hydrogen-bond donors (Lipinski definition) is 1. The first-order chi connectivity index (χ1) is 14.8. The molecule has 4 rings (SSSR count). The summed E-state index contributed by atoms with van der Waals surface area (Å²) in [6, 6.07) is 15.1. The normalized spacial score (nSPS) is 11.4. The minimum Gasteiger partial charge on any atom is -0.497 e. The molecular formula is C22H16N2O6S. The summed E-state index contributed by atoms with van der Waals surface area (Å²) in [6.07, 6.45) is 2.33. The van der Waals surface area contributed by atoms with E-state index < -0.39 is 21.8 Å². The molecule has 0 radical (unpaired) electrons. The highest BCUT2D eigenvalue weighted by atomic mass is 32.2. The van der Waals surface area contributed by atoms with Gasteiger partial charge in [0.15, 0.2) is 0 Å². The monoisotopic (exact) mass is 436 g/mol. The van der Waals surface area contributed by atoms with Gasteiger partial charge in [-0.05, 0) is 42.5 Å². The van der Waals surface area contributed by atoms with E-state index in [0.29, 0.717) is 11.1 Å². The van der Waals surface area contributed by atoms with E-state index in [1.165, 1.54) is 43.6 Å². The van der Waals surface area contributed by atoms with Crippen molar-refractivity contribution in [1.82, 2.24) is 8.96 Å². The molecule has 31 heavy (non-hydrogen) atoms. The van der Waals surface area contributed by atoms with Gasteiger partial charge in [0.1, 0.15) is 11.4 Å². The van der Waals surface area contributed by atoms with Gasteiger partial charge < -0.3 is 9.84 Å². The Hall–Kier alpha value is -3.98. The molecule has 2 heterocycles. The molecule has 0 saturated heterocycles. The van der Waals surface area contributed by atoms with E-state index in [4.69, 9.17) is 4.74 Å². The summed E-state index contributed by atoms with van der Waals surface area (Å²) >= 11 is 0. The van der Waals surface area contributed by atoms with Crippen LogP contribution in [-0.4, -0.2) is 41.3 Å². The van der Waals surface area contributed by atoms with Crippen molar-refractivity contribution in [2.24, 2.45) is 0 Å². The Morgan fingerprint density at radius 1 is 1.00 bits per heavy atom. The largest absolute Gasteiger partial charge is 0.497 e. The molecule has 0 fully saturated rings. The highest BCUT2D eigenvalue weighted by Gasteiger charge is 2.29. The molecular weight excluding hydrogens is 420 g/mol. The van der Waals surface area contributed by atoms with Gasteiger partial charge in [0.25, 0.3) is 10.0 Å². The van der Waals surface area contributed by atoms with Crippen molar-refractivity contribution in [3.8, 4) is 5.75 Å². The lowest BCUT2D eigenvalue weighted by molar-refractivity contribution is 0.0692. The van der Waals surface area contributed by atoms with Gasteiger partial charge in [0.05, 0.1) is 23.1 Å². The molecule has 0 unspecified atom stereocenters.